The highest BCUT2D eigenvalue weighted by atomic mass is 35.5. The quantitative estimate of drug-likeness (QED) is 0.173. The van der Waals surface area contributed by atoms with Crippen LogP contribution in [0.5, 0.6) is 0 Å². The van der Waals surface area contributed by atoms with E-state index in [-0.39, 0.29) is 78.1 Å². The first kappa shape index (κ1) is 40.8. The Morgan fingerprint density at radius 2 is 1.68 bits per heavy atom. The van der Waals surface area contributed by atoms with Crippen LogP contribution in [0.15, 0.2) is 46.3 Å². The van der Waals surface area contributed by atoms with E-state index in [9.17, 15) is 13.2 Å². The number of nitrogens with one attached hydrogen (secondary N) is 2. The summed E-state index contributed by atoms with van der Waals surface area (Å²) in [6, 6.07) is 9.78. The van der Waals surface area contributed by atoms with Crippen LogP contribution in [0.1, 0.15) is 39.0 Å². The van der Waals surface area contributed by atoms with Gasteiger partial charge in [-0.2, -0.15) is 4.72 Å². The van der Waals surface area contributed by atoms with Crippen LogP contribution in [0, 0.1) is 11.3 Å². The highest BCUT2D eigenvalue weighted by Gasteiger charge is 2.31. The van der Waals surface area contributed by atoms with E-state index in [4.69, 9.17) is 16.9 Å². The first-order chi connectivity index (χ1) is 17.5. The third-order valence-electron chi connectivity index (χ3n) is 6.94. The van der Waals surface area contributed by atoms with Crippen molar-refractivity contribution in [3.05, 3.63) is 36.4 Å². The molecule has 1 heterocycles. The molecule has 0 aliphatic carbocycles. The molecule has 0 bridgehead atoms. The van der Waals surface area contributed by atoms with E-state index < -0.39 is 16.1 Å². The van der Waals surface area contributed by atoms with E-state index in [1.807, 2.05) is 37.2 Å². The van der Waals surface area contributed by atoms with E-state index in [0.29, 0.717) is 30.8 Å². The van der Waals surface area contributed by atoms with Crippen molar-refractivity contribution in [2.75, 3.05) is 38.6 Å². The molecule has 1 unspecified atom stereocenters. The Labute approximate surface area is 261 Å². The predicted molar refractivity (Wildman–Crippen MR) is 175 cm³/mol. The number of aliphatic imine (C=N–C) groups is 1. The van der Waals surface area contributed by atoms with Gasteiger partial charge < -0.3 is 26.7 Å². The number of amides is 1. The summed E-state index contributed by atoms with van der Waals surface area (Å²) in [6.07, 6.45) is 3.55. The molecule has 0 saturated carbocycles. The third-order valence-corrected chi connectivity index (χ3v) is 8.47. The minimum atomic E-state index is -4.03. The van der Waals surface area contributed by atoms with Gasteiger partial charge in [-0.3, -0.25) is 15.2 Å². The molecular formula is C26H44Cl3N7O4S. The number of sulfonamides is 1. The summed E-state index contributed by atoms with van der Waals surface area (Å²) >= 11 is 0. The molecule has 1 amide bonds. The van der Waals surface area contributed by atoms with Gasteiger partial charge in [0.05, 0.1) is 4.90 Å². The van der Waals surface area contributed by atoms with Crippen LogP contribution < -0.4 is 21.1 Å². The number of carbonyl (C=O) groups is 1. The number of hydrogen-bond acceptors (Lipinski definition) is 6. The summed E-state index contributed by atoms with van der Waals surface area (Å²) in [4.78, 5) is 21.4. The lowest BCUT2D eigenvalue weighted by molar-refractivity contribution is -0.134. The monoisotopic (exact) mass is 655 g/mol. The number of benzene rings is 2. The zero-order valence-corrected chi connectivity index (χ0v) is 26.9. The first-order valence-corrected chi connectivity index (χ1v) is 14.2. The number of hydrogen-bond donors (Lipinski definition) is 4. The summed E-state index contributed by atoms with van der Waals surface area (Å²) in [5.41, 5.74) is 11.9. The molecule has 1 atom stereocenters. The molecule has 1 aliphatic heterocycles. The van der Waals surface area contributed by atoms with Crippen molar-refractivity contribution in [3.63, 3.8) is 0 Å². The first-order valence-electron chi connectivity index (χ1n) is 12.7. The molecule has 0 aromatic heterocycles. The molecular weight excluding hydrogens is 613 g/mol. The Hall–Kier alpha value is -2.35. The van der Waals surface area contributed by atoms with Crippen LogP contribution in [0.4, 0.5) is 5.69 Å². The largest absolute Gasteiger partial charge is 0.412 e. The van der Waals surface area contributed by atoms with Gasteiger partial charge in [0.15, 0.2) is 11.7 Å². The standard InChI is InChI=1S/C26H39N7O3S.3ClH.H2O/c1-4-18-13-16-33(17-14-18)26(34)21(10-7-15-30-25(29)24(27)28)31-37(35,36)23-12-6-8-19-20(23)9-5-11-22(19)32(2)3;;;;/h5-6,8-9,11-12,18,21,31H,4,7,10,13-17H2,1-3H3,(H3,27,28)(H2,29,30);3*1H;1H2. The number of halogens is 3. The molecule has 11 nitrogen and oxygen atoms in total. The number of nitrogens with two attached hydrogens (primary N) is 2. The van der Waals surface area contributed by atoms with E-state index in [1.165, 1.54) is 0 Å². The number of anilines is 1. The molecule has 8 N–H and O–H groups in total. The molecule has 0 radical (unpaired) electrons. The van der Waals surface area contributed by atoms with Gasteiger partial charge in [-0.25, -0.2) is 8.42 Å². The van der Waals surface area contributed by atoms with Gasteiger partial charge in [0.25, 0.3) is 0 Å². The molecule has 234 valence electrons. The van der Waals surface area contributed by atoms with Crippen LogP contribution in [0.2, 0.25) is 0 Å². The van der Waals surface area contributed by atoms with E-state index in [1.54, 1.807) is 23.1 Å². The maximum absolute atomic E-state index is 13.7. The van der Waals surface area contributed by atoms with Crippen LogP contribution in [-0.4, -0.2) is 76.1 Å². The second kappa shape index (κ2) is 18.2. The van der Waals surface area contributed by atoms with E-state index in [2.05, 4.69) is 16.6 Å². The van der Waals surface area contributed by atoms with Crippen molar-refractivity contribution >= 4 is 81.3 Å². The third kappa shape index (κ3) is 10.5. The molecule has 1 aliphatic rings. The van der Waals surface area contributed by atoms with Gasteiger partial charge >= 0.3 is 0 Å². The van der Waals surface area contributed by atoms with Crippen LogP contribution in [-0.2, 0) is 14.8 Å². The fourth-order valence-corrected chi connectivity index (χ4v) is 6.18. The van der Waals surface area contributed by atoms with Crippen molar-refractivity contribution in [2.45, 2.75) is 50.0 Å². The van der Waals surface area contributed by atoms with Crippen LogP contribution in [0.3, 0.4) is 0 Å². The summed E-state index contributed by atoms with van der Waals surface area (Å²) in [6.45, 7) is 3.62. The molecule has 15 heteroatoms. The number of likely N-dealkylation sites (tertiary alicyclic amines) is 1. The average Bonchev–Trinajstić information content (AvgIpc) is 2.88. The molecule has 1 saturated heterocycles. The fraction of sp³-hybridized carbons (Fsp3) is 0.500. The lowest BCUT2D eigenvalue weighted by Crippen LogP contribution is -2.50. The van der Waals surface area contributed by atoms with Crippen molar-refractivity contribution < 1.29 is 18.7 Å². The normalized spacial score (nSPS) is 14.5. The minimum Gasteiger partial charge on any atom is -0.412 e. The summed E-state index contributed by atoms with van der Waals surface area (Å²) in [5.74, 6) is -0.0294. The summed E-state index contributed by atoms with van der Waals surface area (Å²) in [7, 11) is -0.208. The topological polar surface area (TPSA) is 189 Å². The fourth-order valence-electron chi connectivity index (χ4n) is 4.73. The molecule has 2 aromatic rings. The number of carbonyl (C=O) groups excluding carboxylic acids is 1. The Kier molecular flexibility index (Phi) is 18.1. The molecule has 1 fully saturated rings. The van der Waals surface area contributed by atoms with Gasteiger partial charge in [0.1, 0.15) is 6.04 Å². The second-order valence-corrected chi connectivity index (χ2v) is 11.4. The van der Waals surface area contributed by atoms with Gasteiger partial charge in [0, 0.05) is 50.2 Å². The average molecular weight is 657 g/mol. The number of fused-ring (bicyclic) bond motifs is 1. The van der Waals surface area contributed by atoms with E-state index in [0.717, 1.165) is 30.3 Å². The second-order valence-electron chi connectivity index (χ2n) is 9.70. The minimum absolute atomic E-state index is 0. The van der Waals surface area contributed by atoms with E-state index >= 15 is 0 Å². The molecule has 2 aromatic carbocycles. The van der Waals surface area contributed by atoms with Crippen LogP contribution in [0.25, 0.3) is 10.8 Å². The SMILES string of the molecule is CCC1CCN(C(=O)C(CCCN=C(N)C(=N)N)NS(=O)(=O)c2cccc3c(N(C)C)cccc23)CC1.Cl.Cl.Cl.O. The van der Waals surface area contributed by atoms with Crippen molar-refractivity contribution in [2.24, 2.45) is 22.4 Å². The zero-order chi connectivity index (χ0) is 27.2. The summed E-state index contributed by atoms with van der Waals surface area (Å²) < 4.78 is 30.0. The lowest BCUT2D eigenvalue weighted by atomic mass is 9.94. The Bertz CT molecular complexity index is 1270. The Morgan fingerprint density at radius 3 is 2.24 bits per heavy atom. The van der Waals surface area contributed by atoms with Crippen molar-refractivity contribution in [1.29, 1.82) is 5.41 Å². The number of piperidine rings is 1. The zero-order valence-electron chi connectivity index (χ0n) is 23.6. The van der Waals surface area contributed by atoms with Crippen molar-refractivity contribution in [3.8, 4) is 0 Å². The molecule has 41 heavy (non-hydrogen) atoms. The highest BCUT2D eigenvalue weighted by Crippen LogP contribution is 2.30. The van der Waals surface area contributed by atoms with Gasteiger partial charge in [-0.1, -0.05) is 37.6 Å². The van der Waals surface area contributed by atoms with Gasteiger partial charge in [0.2, 0.25) is 15.9 Å². The van der Waals surface area contributed by atoms with Gasteiger partial charge in [-0.15, -0.1) is 37.2 Å². The Balaban J connectivity index is 0. The number of rotatable bonds is 10. The van der Waals surface area contributed by atoms with Crippen LogP contribution >= 0.6 is 37.2 Å². The smallest absolute Gasteiger partial charge is 0.241 e. The van der Waals surface area contributed by atoms with Gasteiger partial charge in [-0.05, 0) is 43.7 Å². The predicted octanol–water partition coefficient (Wildman–Crippen LogP) is 2.72. The summed E-state index contributed by atoms with van der Waals surface area (Å²) in [5, 5.41) is 8.75. The lowest BCUT2D eigenvalue weighted by Gasteiger charge is -2.34. The number of nitrogens with zero attached hydrogens (tertiary/aromatic N) is 3. The maximum Gasteiger partial charge on any atom is 0.241 e. The number of amidine groups is 2. The Morgan fingerprint density at radius 1 is 1.10 bits per heavy atom. The highest BCUT2D eigenvalue weighted by molar-refractivity contribution is 7.89. The molecule has 3 rings (SSSR count). The maximum atomic E-state index is 13.7. The van der Waals surface area contributed by atoms with Crippen molar-refractivity contribution in [1.82, 2.24) is 9.62 Å². The molecule has 0 spiro atoms.